The van der Waals surface area contributed by atoms with Crippen LogP contribution in [-0.2, 0) is 9.53 Å². The van der Waals surface area contributed by atoms with Gasteiger partial charge in [0.15, 0.2) is 0 Å². The monoisotopic (exact) mass is 273 g/mol. The minimum absolute atomic E-state index is 0.0643. The van der Waals surface area contributed by atoms with Gasteiger partial charge in [-0.15, -0.1) is 0 Å². The molecule has 0 aromatic carbocycles. The minimum Gasteiger partial charge on any atom is -0.481 e. The van der Waals surface area contributed by atoms with Crippen molar-refractivity contribution in [3.63, 3.8) is 0 Å². The SMILES string of the molecule is CN(C)CCN(C)C(=O)N1CCOC(CC(=O)O)C1. The Morgan fingerprint density at radius 1 is 1.32 bits per heavy atom. The second kappa shape index (κ2) is 7.30. The van der Waals surface area contributed by atoms with E-state index in [4.69, 9.17) is 9.84 Å². The number of hydrogen-bond acceptors (Lipinski definition) is 4. The largest absolute Gasteiger partial charge is 0.481 e. The van der Waals surface area contributed by atoms with Gasteiger partial charge in [0.2, 0.25) is 0 Å². The van der Waals surface area contributed by atoms with E-state index in [1.807, 2.05) is 19.0 Å². The fraction of sp³-hybridized carbons (Fsp3) is 0.833. The molecule has 1 atom stereocenters. The van der Waals surface area contributed by atoms with Gasteiger partial charge in [-0.1, -0.05) is 0 Å². The van der Waals surface area contributed by atoms with Gasteiger partial charge in [-0.05, 0) is 14.1 Å². The number of morpholine rings is 1. The molecule has 1 heterocycles. The summed E-state index contributed by atoms with van der Waals surface area (Å²) in [6.07, 6.45) is -0.469. The van der Waals surface area contributed by atoms with E-state index in [9.17, 15) is 9.59 Å². The fourth-order valence-corrected chi connectivity index (χ4v) is 1.90. The number of ether oxygens (including phenoxy) is 1. The first-order valence-corrected chi connectivity index (χ1v) is 6.38. The number of carboxylic acids is 1. The maximum atomic E-state index is 12.2. The van der Waals surface area contributed by atoms with E-state index < -0.39 is 12.1 Å². The van der Waals surface area contributed by atoms with E-state index in [1.54, 1.807) is 16.8 Å². The molecule has 1 aliphatic heterocycles. The molecule has 1 aliphatic rings. The molecule has 7 nitrogen and oxygen atoms in total. The van der Waals surface area contributed by atoms with Gasteiger partial charge < -0.3 is 24.5 Å². The molecule has 0 saturated carbocycles. The molecule has 0 spiro atoms. The van der Waals surface area contributed by atoms with E-state index in [1.165, 1.54) is 0 Å². The van der Waals surface area contributed by atoms with Crippen LogP contribution in [0.2, 0.25) is 0 Å². The Morgan fingerprint density at radius 2 is 2.00 bits per heavy atom. The Balaban J connectivity index is 2.44. The van der Waals surface area contributed by atoms with Gasteiger partial charge in [0, 0.05) is 33.2 Å². The van der Waals surface area contributed by atoms with E-state index >= 15 is 0 Å². The lowest BCUT2D eigenvalue weighted by atomic mass is 10.2. The smallest absolute Gasteiger partial charge is 0.319 e. The molecule has 1 rings (SSSR count). The van der Waals surface area contributed by atoms with E-state index in [-0.39, 0.29) is 12.5 Å². The number of carbonyl (C=O) groups is 2. The van der Waals surface area contributed by atoms with Gasteiger partial charge in [0.05, 0.1) is 19.1 Å². The molecule has 0 bridgehead atoms. The molecule has 1 N–H and O–H groups in total. The highest BCUT2D eigenvalue weighted by molar-refractivity contribution is 5.74. The number of nitrogens with zero attached hydrogens (tertiary/aromatic N) is 3. The van der Waals surface area contributed by atoms with E-state index in [0.29, 0.717) is 26.2 Å². The highest BCUT2D eigenvalue weighted by atomic mass is 16.5. The maximum absolute atomic E-state index is 12.2. The van der Waals surface area contributed by atoms with Crippen molar-refractivity contribution in [2.24, 2.45) is 0 Å². The van der Waals surface area contributed by atoms with Crippen molar-refractivity contribution in [2.75, 3.05) is 53.9 Å². The molecular formula is C12H23N3O4. The summed E-state index contributed by atoms with van der Waals surface area (Å²) < 4.78 is 5.35. The molecule has 110 valence electrons. The number of likely N-dealkylation sites (N-methyl/N-ethyl adjacent to an activating group) is 2. The molecule has 1 fully saturated rings. The first-order chi connectivity index (χ1) is 8.90. The summed E-state index contributed by atoms with van der Waals surface area (Å²) in [5.41, 5.74) is 0. The second-order valence-electron chi connectivity index (χ2n) is 5.04. The number of carbonyl (C=O) groups excluding carboxylic acids is 1. The van der Waals surface area contributed by atoms with Gasteiger partial charge in [-0.3, -0.25) is 4.79 Å². The first kappa shape index (κ1) is 15.7. The van der Waals surface area contributed by atoms with Crippen molar-refractivity contribution >= 4 is 12.0 Å². The van der Waals surface area contributed by atoms with Gasteiger partial charge in [-0.2, -0.15) is 0 Å². The Hall–Kier alpha value is -1.34. The Bertz CT molecular complexity index is 322. The predicted octanol–water partition coefficient (Wildman–Crippen LogP) is -0.225. The molecule has 2 amide bonds. The second-order valence-corrected chi connectivity index (χ2v) is 5.04. The number of aliphatic carboxylic acids is 1. The van der Waals surface area contributed by atoms with Crippen LogP contribution in [0.5, 0.6) is 0 Å². The van der Waals surface area contributed by atoms with Gasteiger partial charge >= 0.3 is 12.0 Å². The number of carboxylic acid groups (broad SMARTS) is 1. The molecule has 19 heavy (non-hydrogen) atoms. The Morgan fingerprint density at radius 3 is 2.58 bits per heavy atom. The number of amides is 2. The third kappa shape index (κ3) is 5.44. The van der Waals surface area contributed by atoms with Crippen LogP contribution in [0.4, 0.5) is 4.79 Å². The quantitative estimate of drug-likeness (QED) is 0.749. The molecule has 0 aromatic rings. The summed E-state index contributed by atoms with van der Waals surface area (Å²) in [5, 5.41) is 8.75. The van der Waals surface area contributed by atoms with Crippen LogP contribution in [0.15, 0.2) is 0 Å². The highest BCUT2D eigenvalue weighted by Gasteiger charge is 2.27. The van der Waals surface area contributed by atoms with Gasteiger partial charge in [0.1, 0.15) is 0 Å². The summed E-state index contributed by atoms with van der Waals surface area (Å²) in [7, 11) is 5.67. The van der Waals surface area contributed by atoms with Crippen LogP contribution in [0, 0.1) is 0 Å². The number of rotatable bonds is 5. The average Bonchev–Trinajstić information content (AvgIpc) is 2.34. The Labute approximate surface area is 113 Å². The maximum Gasteiger partial charge on any atom is 0.319 e. The van der Waals surface area contributed by atoms with Crippen LogP contribution < -0.4 is 0 Å². The van der Waals surface area contributed by atoms with Gasteiger partial charge in [0.25, 0.3) is 0 Å². The molecule has 7 heteroatoms. The van der Waals surface area contributed by atoms with Crippen LogP contribution in [-0.4, -0.2) is 91.8 Å². The van der Waals surface area contributed by atoms with Crippen LogP contribution in [0.3, 0.4) is 0 Å². The third-order valence-corrected chi connectivity index (χ3v) is 3.02. The number of urea groups is 1. The zero-order valence-electron chi connectivity index (χ0n) is 11.8. The van der Waals surface area contributed by atoms with Crippen molar-refractivity contribution in [1.82, 2.24) is 14.7 Å². The van der Waals surface area contributed by atoms with Crippen molar-refractivity contribution in [3.8, 4) is 0 Å². The molecule has 0 aromatic heterocycles. The third-order valence-electron chi connectivity index (χ3n) is 3.02. The van der Waals surface area contributed by atoms with Crippen molar-refractivity contribution in [3.05, 3.63) is 0 Å². The standard InChI is InChI=1S/C12H23N3O4/c1-13(2)4-5-14(3)12(18)15-6-7-19-10(9-15)8-11(16)17/h10H,4-9H2,1-3H3,(H,16,17). The lowest BCUT2D eigenvalue weighted by Crippen LogP contribution is -2.51. The summed E-state index contributed by atoms with van der Waals surface area (Å²) in [5.74, 6) is -0.903. The lowest BCUT2D eigenvalue weighted by Gasteiger charge is -2.35. The van der Waals surface area contributed by atoms with Gasteiger partial charge in [-0.25, -0.2) is 4.79 Å². The minimum atomic E-state index is -0.903. The summed E-state index contributed by atoms with van der Waals surface area (Å²) in [6, 6.07) is -0.0689. The molecule has 1 saturated heterocycles. The Kier molecular flexibility index (Phi) is 6.04. The molecule has 0 aliphatic carbocycles. The zero-order chi connectivity index (χ0) is 14.4. The number of hydrogen-bond donors (Lipinski definition) is 1. The summed E-state index contributed by atoms with van der Waals surface area (Å²) in [4.78, 5) is 28.2. The molecule has 1 unspecified atom stereocenters. The molecular weight excluding hydrogens is 250 g/mol. The molecule has 0 radical (unpaired) electrons. The highest BCUT2D eigenvalue weighted by Crippen LogP contribution is 2.10. The summed E-state index contributed by atoms with van der Waals surface area (Å²) in [6.45, 7) is 2.70. The van der Waals surface area contributed by atoms with Crippen molar-refractivity contribution in [2.45, 2.75) is 12.5 Å². The fourth-order valence-electron chi connectivity index (χ4n) is 1.90. The lowest BCUT2D eigenvalue weighted by molar-refractivity contribution is -0.141. The average molecular weight is 273 g/mol. The zero-order valence-corrected chi connectivity index (χ0v) is 11.8. The first-order valence-electron chi connectivity index (χ1n) is 6.38. The van der Waals surface area contributed by atoms with E-state index in [2.05, 4.69) is 0 Å². The van der Waals surface area contributed by atoms with Crippen LogP contribution in [0.1, 0.15) is 6.42 Å². The van der Waals surface area contributed by atoms with E-state index in [0.717, 1.165) is 6.54 Å². The van der Waals surface area contributed by atoms with Crippen LogP contribution in [0.25, 0.3) is 0 Å². The summed E-state index contributed by atoms with van der Waals surface area (Å²) >= 11 is 0. The predicted molar refractivity (Wildman–Crippen MR) is 70.1 cm³/mol. The van der Waals surface area contributed by atoms with Crippen molar-refractivity contribution in [1.29, 1.82) is 0 Å². The van der Waals surface area contributed by atoms with Crippen molar-refractivity contribution < 1.29 is 19.4 Å². The topological polar surface area (TPSA) is 73.3 Å². The normalized spacial score (nSPS) is 19.6. The van der Waals surface area contributed by atoms with Crippen LogP contribution >= 0.6 is 0 Å².